The number of nitrogens with zero attached hydrogens (tertiary/aromatic N) is 4. The average Bonchev–Trinajstić information content (AvgIpc) is 2.87. The molecule has 0 bridgehead atoms. The van der Waals surface area contributed by atoms with E-state index in [4.69, 9.17) is 19.9 Å². The van der Waals surface area contributed by atoms with E-state index in [1.54, 1.807) is 45.0 Å². The number of ether oxygens (including phenoxy) is 3. The number of carbonyl (C=O) groups excluding carboxylic acids is 1. The SMILES string of the molecule is CCCCOc1ccc([C@@H]2[C@H]3CN(C(=O)OC(C)(C)C)CC=C3C(C#N)=C(N)C2(C#N)C#N)cc1OC. The lowest BCUT2D eigenvalue weighted by atomic mass is 9.58. The first-order valence-corrected chi connectivity index (χ1v) is 12.3. The molecule has 1 aromatic carbocycles. The second-order valence-corrected chi connectivity index (χ2v) is 10.2. The standard InChI is InChI=1S/C28H33N5O4/c1-6-7-12-36-22-9-8-18(13-23(22)35-5)24-21-15-33(26(34)37-27(2,3)4)11-10-19(21)20(14-29)25(32)28(24,16-30)17-31/h8-10,13,21,24H,6-7,11-12,15,32H2,1-5H3/t21-,24+/m0/s1. The van der Waals surface area contributed by atoms with Gasteiger partial charge in [0, 0.05) is 24.9 Å². The number of hydrogen-bond acceptors (Lipinski definition) is 8. The highest BCUT2D eigenvalue weighted by atomic mass is 16.6. The van der Waals surface area contributed by atoms with Crippen LogP contribution in [0.1, 0.15) is 52.0 Å². The third kappa shape index (κ3) is 5.20. The number of benzene rings is 1. The highest BCUT2D eigenvalue weighted by Crippen LogP contribution is 2.55. The van der Waals surface area contributed by atoms with Gasteiger partial charge in [-0.25, -0.2) is 4.79 Å². The Morgan fingerprint density at radius 1 is 1.22 bits per heavy atom. The van der Waals surface area contributed by atoms with Gasteiger partial charge in [-0.3, -0.25) is 0 Å². The largest absolute Gasteiger partial charge is 0.493 e. The molecule has 0 saturated carbocycles. The molecule has 1 aliphatic heterocycles. The van der Waals surface area contributed by atoms with Crippen molar-refractivity contribution in [1.29, 1.82) is 15.8 Å². The van der Waals surface area contributed by atoms with Gasteiger partial charge in [-0.2, -0.15) is 15.8 Å². The quantitative estimate of drug-likeness (QED) is 0.557. The van der Waals surface area contributed by atoms with Crippen LogP contribution in [0.4, 0.5) is 4.79 Å². The Kier molecular flexibility index (Phi) is 8.04. The summed E-state index contributed by atoms with van der Waals surface area (Å²) in [5.74, 6) is -0.336. The van der Waals surface area contributed by atoms with Crippen molar-refractivity contribution in [3.05, 3.63) is 46.7 Å². The molecular formula is C28H33N5O4. The van der Waals surface area contributed by atoms with E-state index < -0.39 is 28.9 Å². The predicted octanol–water partition coefficient (Wildman–Crippen LogP) is 4.53. The fourth-order valence-electron chi connectivity index (χ4n) is 4.86. The molecule has 2 aliphatic rings. The third-order valence-electron chi connectivity index (χ3n) is 6.62. The Morgan fingerprint density at radius 2 is 1.92 bits per heavy atom. The van der Waals surface area contributed by atoms with E-state index in [-0.39, 0.29) is 24.4 Å². The zero-order valence-corrected chi connectivity index (χ0v) is 22.0. The zero-order valence-electron chi connectivity index (χ0n) is 22.0. The zero-order chi connectivity index (χ0) is 27.4. The number of amides is 1. The van der Waals surface area contributed by atoms with Crippen LogP contribution in [0, 0.1) is 45.3 Å². The van der Waals surface area contributed by atoms with Crippen LogP contribution in [-0.4, -0.2) is 43.4 Å². The number of methoxy groups -OCH3 is 1. The normalized spacial score (nSPS) is 20.5. The van der Waals surface area contributed by atoms with Crippen molar-refractivity contribution in [2.75, 3.05) is 26.8 Å². The van der Waals surface area contributed by atoms with Crippen molar-refractivity contribution < 1.29 is 19.0 Å². The molecule has 0 saturated heterocycles. The molecule has 0 radical (unpaired) electrons. The molecule has 3 rings (SSSR count). The highest BCUT2D eigenvalue weighted by molar-refractivity contribution is 5.70. The number of fused-ring (bicyclic) bond motifs is 1. The molecule has 9 nitrogen and oxygen atoms in total. The number of allylic oxidation sites excluding steroid dienone is 2. The van der Waals surface area contributed by atoms with Gasteiger partial charge >= 0.3 is 6.09 Å². The van der Waals surface area contributed by atoms with Crippen molar-refractivity contribution in [2.45, 2.75) is 52.1 Å². The smallest absolute Gasteiger partial charge is 0.410 e. The Labute approximate surface area is 218 Å². The first-order valence-electron chi connectivity index (χ1n) is 12.3. The first-order chi connectivity index (χ1) is 17.6. The molecule has 1 heterocycles. The molecule has 1 amide bonds. The summed E-state index contributed by atoms with van der Waals surface area (Å²) in [4.78, 5) is 14.4. The highest BCUT2D eigenvalue weighted by Gasteiger charge is 2.55. The second kappa shape index (κ2) is 10.8. The van der Waals surface area contributed by atoms with E-state index in [0.717, 1.165) is 12.8 Å². The van der Waals surface area contributed by atoms with Crippen LogP contribution in [0.3, 0.4) is 0 Å². The first kappa shape index (κ1) is 27.4. The summed E-state index contributed by atoms with van der Waals surface area (Å²) in [6, 6.07) is 11.6. The minimum Gasteiger partial charge on any atom is -0.493 e. The van der Waals surface area contributed by atoms with Crippen molar-refractivity contribution in [2.24, 2.45) is 17.1 Å². The Bertz CT molecular complexity index is 1220. The lowest BCUT2D eigenvalue weighted by Crippen LogP contribution is -2.50. The van der Waals surface area contributed by atoms with Gasteiger partial charge in [0.2, 0.25) is 0 Å². The lowest BCUT2D eigenvalue weighted by Gasteiger charge is -2.45. The summed E-state index contributed by atoms with van der Waals surface area (Å²) in [6.07, 6.45) is 3.11. The molecule has 0 aromatic heterocycles. The molecule has 0 fully saturated rings. The number of unbranched alkanes of at least 4 members (excludes halogenated alkanes) is 1. The number of nitriles is 3. The second-order valence-electron chi connectivity index (χ2n) is 10.2. The van der Waals surface area contributed by atoms with Gasteiger partial charge in [0.1, 0.15) is 11.7 Å². The summed E-state index contributed by atoms with van der Waals surface area (Å²) < 4.78 is 17.0. The van der Waals surface area contributed by atoms with Crippen LogP contribution in [0.25, 0.3) is 0 Å². The fourth-order valence-corrected chi connectivity index (χ4v) is 4.86. The number of nitrogens with two attached hydrogens (primary N) is 1. The fraction of sp³-hybridized carbons (Fsp3) is 0.500. The maximum absolute atomic E-state index is 12.9. The van der Waals surface area contributed by atoms with Gasteiger partial charge in [0.05, 0.1) is 37.1 Å². The molecule has 37 heavy (non-hydrogen) atoms. The molecule has 9 heteroatoms. The predicted molar refractivity (Wildman–Crippen MR) is 136 cm³/mol. The Balaban J connectivity index is 2.16. The van der Waals surface area contributed by atoms with Crippen LogP contribution in [0.2, 0.25) is 0 Å². The molecule has 1 aromatic rings. The lowest BCUT2D eigenvalue weighted by molar-refractivity contribution is 0.0224. The number of rotatable bonds is 6. The van der Waals surface area contributed by atoms with E-state index in [1.165, 1.54) is 12.0 Å². The summed E-state index contributed by atoms with van der Waals surface area (Å²) in [7, 11) is 1.52. The van der Waals surface area contributed by atoms with Gasteiger partial charge in [0.15, 0.2) is 16.9 Å². The van der Waals surface area contributed by atoms with Crippen LogP contribution in [0.5, 0.6) is 11.5 Å². The van der Waals surface area contributed by atoms with E-state index in [9.17, 15) is 20.6 Å². The maximum Gasteiger partial charge on any atom is 0.410 e. The van der Waals surface area contributed by atoms with E-state index >= 15 is 0 Å². The monoisotopic (exact) mass is 503 g/mol. The molecule has 2 atom stereocenters. The summed E-state index contributed by atoms with van der Waals surface area (Å²) in [6.45, 7) is 8.30. The van der Waals surface area contributed by atoms with Crippen LogP contribution in [0.15, 0.2) is 41.1 Å². The maximum atomic E-state index is 12.9. The molecule has 0 unspecified atom stereocenters. The summed E-state index contributed by atoms with van der Waals surface area (Å²) in [5.41, 5.74) is 5.13. The molecule has 0 spiro atoms. The van der Waals surface area contributed by atoms with Gasteiger partial charge in [-0.1, -0.05) is 25.5 Å². The molecule has 2 N–H and O–H groups in total. The van der Waals surface area contributed by atoms with Crippen molar-refractivity contribution >= 4 is 6.09 Å². The minimum absolute atomic E-state index is 0.0829. The van der Waals surface area contributed by atoms with E-state index in [2.05, 4.69) is 25.1 Å². The number of carbonyl (C=O) groups is 1. The van der Waals surface area contributed by atoms with Crippen LogP contribution < -0.4 is 15.2 Å². The molecule has 1 aliphatic carbocycles. The number of hydrogen-bond donors (Lipinski definition) is 1. The summed E-state index contributed by atoms with van der Waals surface area (Å²) in [5, 5.41) is 30.6. The van der Waals surface area contributed by atoms with Gasteiger partial charge in [-0.15, -0.1) is 0 Å². The Morgan fingerprint density at radius 3 is 2.49 bits per heavy atom. The molecule has 194 valence electrons. The van der Waals surface area contributed by atoms with E-state index in [0.29, 0.717) is 29.2 Å². The average molecular weight is 504 g/mol. The van der Waals surface area contributed by atoms with Crippen molar-refractivity contribution in [3.8, 4) is 29.7 Å². The van der Waals surface area contributed by atoms with Crippen molar-refractivity contribution in [3.63, 3.8) is 0 Å². The van der Waals surface area contributed by atoms with Crippen molar-refractivity contribution in [1.82, 2.24) is 4.90 Å². The summed E-state index contributed by atoms with van der Waals surface area (Å²) >= 11 is 0. The Hall–Kier alpha value is -4.16. The minimum atomic E-state index is -1.83. The van der Waals surface area contributed by atoms with Gasteiger partial charge in [-0.05, 0) is 50.5 Å². The van der Waals surface area contributed by atoms with Gasteiger partial charge < -0.3 is 24.8 Å². The van der Waals surface area contributed by atoms with Crippen LogP contribution in [-0.2, 0) is 4.74 Å². The van der Waals surface area contributed by atoms with E-state index in [1.807, 2.05) is 0 Å². The van der Waals surface area contributed by atoms with Crippen LogP contribution >= 0.6 is 0 Å². The molecular weight excluding hydrogens is 470 g/mol. The topological polar surface area (TPSA) is 145 Å². The van der Waals surface area contributed by atoms with Gasteiger partial charge in [0.25, 0.3) is 0 Å². The third-order valence-corrected chi connectivity index (χ3v) is 6.62.